The molecule has 0 unspecified atom stereocenters. The number of fused-ring (bicyclic) bond motifs is 1. The van der Waals surface area contributed by atoms with E-state index in [9.17, 15) is 0 Å². The fourth-order valence-electron chi connectivity index (χ4n) is 1.92. The molecule has 3 rings (SSSR count). The molecular formula is C12H14N4OS2. The van der Waals surface area contributed by atoms with Crippen LogP contribution in [0.4, 0.5) is 0 Å². The topological polar surface area (TPSA) is 51.5 Å². The molecule has 0 saturated carbocycles. The highest BCUT2D eigenvalue weighted by molar-refractivity contribution is 7.15. The molecule has 5 nitrogen and oxygen atoms in total. The average Bonchev–Trinajstić information content (AvgIpc) is 3.12. The molecule has 0 spiro atoms. The second-order valence-corrected chi connectivity index (χ2v) is 5.83. The molecule has 0 bridgehead atoms. The third kappa shape index (κ3) is 2.63. The van der Waals surface area contributed by atoms with Gasteiger partial charge in [0.2, 0.25) is 5.88 Å². The maximum absolute atomic E-state index is 5.32. The van der Waals surface area contributed by atoms with Crippen LogP contribution in [0.25, 0.3) is 4.96 Å². The largest absolute Gasteiger partial charge is 0.480 e. The summed E-state index contributed by atoms with van der Waals surface area (Å²) in [5, 5.41) is 8.61. The summed E-state index contributed by atoms with van der Waals surface area (Å²) in [6, 6.07) is 0. The molecule has 3 heterocycles. The lowest BCUT2D eigenvalue weighted by Gasteiger charge is -2.04. The Morgan fingerprint density at radius 3 is 3.11 bits per heavy atom. The van der Waals surface area contributed by atoms with Gasteiger partial charge in [-0.1, -0.05) is 0 Å². The van der Waals surface area contributed by atoms with Crippen LogP contribution in [-0.4, -0.2) is 28.0 Å². The number of aromatic nitrogens is 3. The number of imidazole rings is 1. The van der Waals surface area contributed by atoms with Crippen molar-refractivity contribution in [2.75, 3.05) is 13.7 Å². The molecule has 0 aromatic carbocycles. The lowest BCUT2D eigenvalue weighted by molar-refractivity contribution is 0.393. The summed E-state index contributed by atoms with van der Waals surface area (Å²) in [5.41, 5.74) is 1.07. The highest BCUT2D eigenvalue weighted by Crippen LogP contribution is 2.22. The summed E-state index contributed by atoms with van der Waals surface area (Å²) in [5.74, 6) is 0.702. The maximum atomic E-state index is 5.32. The molecule has 0 aliphatic heterocycles. The first-order valence-corrected chi connectivity index (χ1v) is 7.72. The Morgan fingerprint density at radius 2 is 2.32 bits per heavy atom. The van der Waals surface area contributed by atoms with Gasteiger partial charge >= 0.3 is 0 Å². The van der Waals surface area contributed by atoms with Crippen molar-refractivity contribution in [3.8, 4) is 5.88 Å². The molecule has 3 aromatic rings. The van der Waals surface area contributed by atoms with Gasteiger partial charge in [0, 0.05) is 42.7 Å². The minimum Gasteiger partial charge on any atom is -0.480 e. The van der Waals surface area contributed by atoms with Gasteiger partial charge in [0.25, 0.3) is 0 Å². The van der Waals surface area contributed by atoms with Crippen LogP contribution >= 0.6 is 22.7 Å². The number of hydrogen-bond donors (Lipinski definition) is 1. The summed E-state index contributed by atoms with van der Waals surface area (Å²) < 4.78 is 7.39. The minimum atomic E-state index is 0.702. The van der Waals surface area contributed by atoms with E-state index in [1.807, 2.05) is 23.2 Å². The Labute approximate surface area is 118 Å². The Kier molecular flexibility index (Phi) is 3.77. The zero-order chi connectivity index (χ0) is 13.1. The molecule has 100 valence electrons. The predicted molar refractivity (Wildman–Crippen MR) is 77.1 cm³/mol. The van der Waals surface area contributed by atoms with Crippen molar-refractivity contribution < 1.29 is 4.74 Å². The molecular weight excluding hydrogens is 280 g/mol. The summed E-state index contributed by atoms with van der Waals surface area (Å²) in [7, 11) is 1.66. The Hall–Kier alpha value is -1.44. The third-order valence-corrected chi connectivity index (χ3v) is 4.41. The Morgan fingerprint density at radius 1 is 1.37 bits per heavy atom. The zero-order valence-electron chi connectivity index (χ0n) is 10.5. The molecule has 0 saturated heterocycles. The number of ether oxygens (including phenoxy) is 1. The van der Waals surface area contributed by atoms with E-state index in [2.05, 4.69) is 19.7 Å². The standard InChI is InChI=1S/C12H14N4OS2/c1-17-11-9(16-5-7-19-12(16)15-11)8-13-3-2-10-14-4-6-18-10/h4-7,13H,2-3,8H2,1H3. The van der Waals surface area contributed by atoms with E-state index in [0.29, 0.717) is 5.88 Å². The molecule has 19 heavy (non-hydrogen) atoms. The number of methoxy groups -OCH3 is 1. The normalized spacial score (nSPS) is 11.2. The summed E-state index contributed by atoms with van der Waals surface area (Å²) in [4.78, 5) is 9.66. The van der Waals surface area contributed by atoms with Crippen LogP contribution in [0.2, 0.25) is 0 Å². The average molecular weight is 294 g/mol. The molecule has 0 radical (unpaired) electrons. The number of hydrogen-bond acceptors (Lipinski definition) is 6. The minimum absolute atomic E-state index is 0.702. The number of nitrogens with one attached hydrogen (secondary N) is 1. The van der Waals surface area contributed by atoms with Gasteiger partial charge in [0.15, 0.2) is 4.96 Å². The van der Waals surface area contributed by atoms with Gasteiger partial charge in [0.05, 0.1) is 12.1 Å². The van der Waals surface area contributed by atoms with Crippen molar-refractivity contribution in [3.05, 3.63) is 33.9 Å². The van der Waals surface area contributed by atoms with E-state index in [1.54, 1.807) is 29.8 Å². The van der Waals surface area contributed by atoms with Gasteiger partial charge in [-0.3, -0.25) is 4.40 Å². The van der Waals surface area contributed by atoms with Gasteiger partial charge in [0.1, 0.15) is 5.69 Å². The second kappa shape index (κ2) is 5.68. The van der Waals surface area contributed by atoms with Crippen molar-refractivity contribution in [1.29, 1.82) is 0 Å². The van der Waals surface area contributed by atoms with E-state index < -0.39 is 0 Å². The van der Waals surface area contributed by atoms with E-state index in [1.165, 1.54) is 0 Å². The molecule has 0 fully saturated rings. The smallest absolute Gasteiger partial charge is 0.237 e. The SMILES string of the molecule is COc1nc2sccn2c1CNCCc1nccs1. The van der Waals surface area contributed by atoms with E-state index >= 15 is 0 Å². The van der Waals surface area contributed by atoms with Crippen LogP contribution in [0.1, 0.15) is 10.7 Å². The highest BCUT2D eigenvalue weighted by Gasteiger charge is 2.12. The van der Waals surface area contributed by atoms with Crippen LogP contribution in [0, 0.1) is 0 Å². The predicted octanol–water partition coefficient (Wildman–Crippen LogP) is 2.19. The molecule has 7 heteroatoms. The Bertz CT molecular complexity index is 644. The quantitative estimate of drug-likeness (QED) is 0.708. The molecule has 0 aliphatic carbocycles. The van der Waals surface area contributed by atoms with E-state index in [0.717, 1.165) is 35.2 Å². The number of nitrogens with zero attached hydrogens (tertiary/aromatic N) is 3. The lowest BCUT2D eigenvalue weighted by Crippen LogP contribution is -2.18. The Balaban J connectivity index is 1.62. The van der Waals surface area contributed by atoms with Crippen molar-refractivity contribution in [1.82, 2.24) is 19.7 Å². The van der Waals surface area contributed by atoms with Crippen LogP contribution < -0.4 is 10.1 Å². The van der Waals surface area contributed by atoms with Crippen LogP contribution in [0.3, 0.4) is 0 Å². The van der Waals surface area contributed by atoms with Crippen molar-refractivity contribution in [3.63, 3.8) is 0 Å². The summed E-state index contributed by atoms with van der Waals surface area (Å²) in [6.45, 7) is 1.64. The first kappa shape index (κ1) is 12.6. The van der Waals surface area contributed by atoms with Crippen LogP contribution in [0.15, 0.2) is 23.2 Å². The van der Waals surface area contributed by atoms with Gasteiger partial charge < -0.3 is 10.1 Å². The highest BCUT2D eigenvalue weighted by atomic mass is 32.1. The second-order valence-electron chi connectivity index (χ2n) is 3.98. The molecule has 0 amide bonds. The van der Waals surface area contributed by atoms with Crippen molar-refractivity contribution in [2.24, 2.45) is 0 Å². The lowest BCUT2D eigenvalue weighted by atomic mass is 10.4. The summed E-state index contributed by atoms with van der Waals surface area (Å²) in [6.07, 6.45) is 4.81. The molecule has 3 aromatic heterocycles. The maximum Gasteiger partial charge on any atom is 0.237 e. The molecule has 0 atom stereocenters. The molecule has 1 N–H and O–H groups in total. The zero-order valence-corrected chi connectivity index (χ0v) is 12.1. The van der Waals surface area contributed by atoms with Crippen LogP contribution in [-0.2, 0) is 13.0 Å². The monoisotopic (exact) mass is 294 g/mol. The van der Waals surface area contributed by atoms with E-state index in [4.69, 9.17) is 4.74 Å². The summed E-state index contributed by atoms with van der Waals surface area (Å²) >= 11 is 3.30. The third-order valence-electron chi connectivity index (χ3n) is 2.81. The molecule has 0 aliphatic rings. The van der Waals surface area contributed by atoms with Gasteiger partial charge in [-0.15, -0.1) is 22.7 Å². The van der Waals surface area contributed by atoms with Gasteiger partial charge in [-0.25, -0.2) is 4.98 Å². The fourth-order valence-corrected chi connectivity index (χ4v) is 3.26. The van der Waals surface area contributed by atoms with Crippen molar-refractivity contribution >= 4 is 27.6 Å². The number of rotatable bonds is 6. The van der Waals surface area contributed by atoms with Gasteiger partial charge in [-0.2, -0.15) is 4.98 Å². The van der Waals surface area contributed by atoms with E-state index in [-0.39, 0.29) is 0 Å². The fraction of sp³-hybridized carbons (Fsp3) is 0.333. The van der Waals surface area contributed by atoms with Crippen LogP contribution in [0.5, 0.6) is 5.88 Å². The first-order valence-electron chi connectivity index (χ1n) is 5.96. The number of thiazole rings is 2. The first-order chi connectivity index (χ1) is 9.38. The van der Waals surface area contributed by atoms with Gasteiger partial charge in [-0.05, 0) is 0 Å². The van der Waals surface area contributed by atoms with Crippen molar-refractivity contribution in [2.45, 2.75) is 13.0 Å².